The second kappa shape index (κ2) is 5.84. The lowest BCUT2D eigenvalue weighted by Crippen LogP contribution is -2.46. The van der Waals surface area contributed by atoms with E-state index in [1.165, 1.54) is 6.33 Å². The standard InChI is InChI=1S/C18H28N4O2Si/c1-11-12(2)23-16(15(11)24-25(6,7)18(3,4)5)13-8-9-14-17(19)20-10-21-22(13)14/h8-11,15-16H,2H2,1,3-7H3,(H2,19,20,21)/t11-,15-,16+/m1/s1. The fraction of sp³-hybridized carbons (Fsp3) is 0.556. The molecule has 1 saturated heterocycles. The van der Waals surface area contributed by atoms with Gasteiger partial charge in [0.15, 0.2) is 20.2 Å². The van der Waals surface area contributed by atoms with E-state index in [0.29, 0.717) is 5.82 Å². The highest BCUT2D eigenvalue weighted by molar-refractivity contribution is 6.74. The summed E-state index contributed by atoms with van der Waals surface area (Å²) >= 11 is 0. The smallest absolute Gasteiger partial charge is 0.192 e. The monoisotopic (exact) mass is 360 g/mol. The average Bonchev–Trinajstić information content (AvgIpc) is 3.03. The van der Waals surface area contributed by atoms with Gasteiger partial charge in [-0.1, -0.05) is 34.3 Å². The van der Waals surface area contributed by atoms with Crippen molar-refractivity contribution in [1.82, 2.24) is 14.6 Å². The van der Waals surface area contributed by atoms with Crippen molar-refractivity contribution in [2.45, 2.75) is 58.0 Å². The molecule has 2 N–H and O–H groups in total. The number of nitrogens with zero attached hydrogens (tertiary/aromatic N) is 3. The highest BCUT2D eigenvalue weighted by Gasteiger charge is 2.47. The normalized spacial score (nSPS) is 24.7. The number of fused-ring (bicyclic) bond motifs is 1. The molecule has 2 aromatic heterocycles. The van der Waals surface area contributed by atoms with E-state index in [-0.39, 0.29) is 23.2 Å². The fourth-order valence-electron chi connectivity index (χ4n) is 2.88. The zero-order valence-electron chi connectivity index (χ0n) is 15.9. The van der Waals surface area contributed by atoms with Crippen molar-refractivity contribution in [3.05, 3.63) is 36.5 Å². The van der Waals surface area contributed by atoms with Crippen molar-refractivity contribution < 1.29 is 9.16 Å². The van der Waals surface area contributed by atoms with Crippen LogP contribution in [0.5, 0.6) is 0 Å². The summed E-state index contributed by atoms with van der Waals surface area (Å²) in [4.78, 5) is 4.05. The number of ether oxygens (including phenoxy) is 1. The Labute approximate surface area is 150 Å². The molecule has 0 spiro atoms. The molecule has 3 heterocycles. The van der Waals surface area contributed by atoms with Crippen molar-refractivity contribution in [3.8, 4) is 0 Å². The Kier molecular flexibility index (Phi) is 4.19. The molecule has 136 valence electrons. The third kappa shape index (κ3) is 2.95. The Morgan fingerprint density at radius 1 is 1.32 bits per heavy atom. The molecule has 3 atom stereocenters. The molecule has 3 rings (SSSR count). The van der Waals surface area contributed by atoms with Crippen LogP contribution in [0.15, 0.2) is 30.8 Å². The molecular formula is C18H28N4O2Si. The van der Waals surface area contributed by atoms with E-state index in [0.717, 1.165) is 17.0 Å². The maximum absolute atomic E-state index is 6.73. The van der Waals surface area contributed by atoms with E-state index < -0.39 is 8.32 Å². The second-order valence-corrected chi connectivity index (χ2v) is 13.1. The summed E-state index contributed by atoms with van der Waals surface area (Å²) in [6.45, 7) is 17.4. The third-order valence-corrected chi connectivity index (χ3v) is 10.1. The predicted molar refractivity (Wildman–Crippen MR) is 102 cm³/mol. The van der Waals surface area contributed by atoms with Crippen LogP contribution in [-0.4, -0.2) is 29.0 Å². The van der Waals surface area contributed by atoms with Crippen LogP contribution in [-0.2, 0) is 9.16 Å². The molecule has 0 bridgehead atoms. The molecule has 6 nitrogen and oxygen atoms in total. The second-order valence-electron chi connectivity index (χ2n) is 8.34. The maximum Gasteiger partial charge on any atom is 0.192 e. The lowest BCUT2D eigenvalue weighted by Gasteiger charge is -2.39. The van der Waals surface area contributed by atoms with Gasteiger partial charge >= 0.3 is 0 Å². The molecule has 0 amide bonds. The molecule has 0 radical (unpaired) electrons. The van der Waals surface area contributed by atoms with Gasteiger partial charge in [0.25, 0.3) is 0 Å². The van der Waals surface area contributed by atoms with Gasteiger partial charge in [-0.2, -0.15) is 5.10 Å². The number of hydrogen-bond donors (Lipinski definition) is 1. The van der Waals surface area contributed by atoms with E-state index in [2.05, 4.69) is 57.5 Å². The lowest BCUT2D eigenvalue weighted by atomic mass is 10.0. The minimum absolute atomic E-state index is 0.0947. The molecular weight excluding hydrogens is 332 g/mol. The molecule has 7 heteroatoms. The van der Waals surface area contributed by atoms with E-state index in [9.17, 15) is 0 Å². The topological polar surface area (TPSA) is 74.7 Å². The van der Waals surface area contributed by atoms with Gasteiger partial charge in [0, 0.05) is 5.92 Å². The van der Waals surface area contributed by atoms with Crippen molar-refractivity contribution >= 4 is 19.7 Å². The van der Waals surface area contributed by atoms with Gasteiger partial charge in [-0.15, -0.1) is 0 Å². The summed E-state index contributed by atoms with van der Waals surface area (Å²) in [6.07, 6.45) is 1.11. The first-order valence-electron chi connectivity index (χ1n) is 8.64. The van der Waals surface area contributed by atoms with E-state index in [1.807, 2.05) is 12.1 Å². The molecule has 0 aromatic carbocycles. The van der Waals surface area contributed by atoms with Crippen LogP contribution in [0.1, 0.15) is 39.5 Å². The summed E-state index contributed by atoms with van der Waals surface area (Å²) < 4.78 is 14.6. The molecule has 0 saturated carbocycles. The maximum atomic E-state index is 6.73. The largest absolute Gasteiger partial charge is 0.486 e. The molecule has 2 aromatic rings. The third-order valence-electron chi connectivity index (χ3n) is 5.62. The Morgan fingerprint density at radius 2 is 2.00 bits per heavy atom. The van der Waals surface area contributed by atoms with Crippen LogP contribution in [0.3, 0.4) is 0 Å². The van der Waals surface area contributed by atoms with Gasteiger partial charge in [-0.25, -0.2) is 9.50 Å². The van der Waals surface area contributed by atoms with Crippen LogP contribution in [0.4, 0.5) is 5.82 Å². The first-order valence-corrected chi connectivity index (χ1v) is 11.5. The quantitative estimate of drug-likeness (QED) is 0.840. The highest BCUT2D eigenvalue weighted by atomic mass is 28.4. The molecule has 25 heavy (non-hydrogen) atoms. The highest BCUT2D eigenvalue weighted by Crippen LogP contribution is 2.46. The first-order chi connectivity index (χ1) is 11.5. The van der Waals surface area contributed by atoms with Crippen LogP contribution >= 0.6 is 0 Å². The summed E-state index contributed by atoms with van der Waals surface area (Å²) in [6, 6.07) is 3.90. The zero-order chi connectivity index (χ0) is 18.6. The van der Waals surface area contributed by atoms with Gasteiger partial charge < -0.3 is 14.9 Å². The van der Waals surface area contributed by atoms with E-state index >= 15 is 0 Å². The fourth-order valence-corrected chi connectivity index (χ4v) is 4.24. The molecule has 0 unspecified atom stereocenters. The van der Waals surface area contributed by atoms with Crippen LogP contribution in [0.25, 0.3) is 5.52 Å². The lowest BCUT2D eigenvalue weighted by molar-refractivity contribution is 0.0546. The van der Waals surface area contributed by atoms with E-state index in [4.69, 9.17) is 14.9 Å². The number of rotatable bonds is 3. The number of aromatic nitrogens is 3. The predicted octanol–water partition coefficient (Wildman–Crippen LogP) is 3.92. The first kappa shape index (κ1) is 17.9. The Hall–Kier alpha value is -1.86. The van der Waals surface area contributed by atoms with Crippen LogP contribution < -0.4 is 5.73 Å². The number of nitrogens with two attached hydrogens (primary N) is 1. The summed E-state index contributed by atoms with van der Waals surface area (Å²) in [5, 5.41) is 4.47. The van der Waals surface area contributed by atoms with Crippen molar-refractivity contribution in [3.63, 3.8) is 0 Å². The Balaban J connectivity index is 2.01. The molecule has 0 aliphatic carbocycles. The minimum atomic E-state index is -1.96. The minimum Gasteiger partial charge on any atom is -0.486 e. The number of anilines is 1. The van der Waals surface area contributed by atoms with Gasteiger partial charge in [0.2, 0.25) is 0 Å². The van der Waals surface area contributed by atoms with Crippen molar-refractivity contribution in [1.29, 1.82) is 0 Å². The van der Waals surface area contributed by atoms with Crippen molar-refractivity contribution in [2.75, 3.05) is 5.73 Å². The molecule has 1 fully saturated rings. The average molecular weight is 361 g/mol. The van der Waals surface area contributed by atoms with Crippen molar-refractivity contribution in [2.24, 2.45) is 5.92 Å². The molecule has 1 aliphatic heterocycles. The van der Waals surface area contributed by atoms with Gasteiger partial charge in [-0.05, 0) is 30.3 Å². The molecule has 1 aliphatic rings. The van der Waals surface area contributed by atoms with Crippen LogP contribution in [0.2, 0.25) is 18.1 Å². The Morgan fingerprint density at radius 3 is 2.64 bits per heavy atom. The summed E-state index contributed by atoms with van der Waals surface area (Å²) in [7, 11) is -1.96. The number of nitrogen functional groups attached to an aromatic ring is 1. The Bertz CT molecular complexity index is 809. The van der Waals surface area contributed by atoms with Gasteiger partial charge in [-0.3, -0.25) is 0 Å². The number of hydrogen-bond acceptors (Lipinski definition) is 5. The summed E-state index contributed by atoms with van der Waals surface area (Å²) in [5.41, 5.74) is 7.65. The van der Waals surface area contributed by atoms with Gasteiger partial charge in [0.05, 0.1) is 17.6 Å². The van der Waals surface area contributed by atoms with E-state index in [1.54, 1.807) is 4.52 Å². The summed E-state index contributed by atoms with van der Waals surface area (Å²) in [5.74, 6) is 1.32. The van der Waals surface area contributed by atoms with Crippen LogP contribution in [0, 0.1) is 5.92 Å². The zero-order valence-corrected chi connectivity index (χ0v) is 16.9. The van der Waals surface area contributed by atoms with Gasteiger partial charge in [0.1, 0.15) is 11.8 Å². The SMILES string of the molecule is C=C1O[C@@H](c2ccc3c(N)ncnn23)[C@H](O[Si](C)(C)C(C)(C)C)[C@@H]1C.